The fourth-order valence-corrected chi connectivity index (χ4v) is 6.71. The molecule has 0 bridgehead atoms. The van der Waals surface area contributed by atoms with Crippen molar-refractivity contribution in [3.05, 3.63) is 143 Å². The molecular weight excluding hydrogens is 586 g/mol. The lowest BCUT2D eigenvalue weighted by Crippen LogP contribution is -2.40. The SMILES string of the molecule is C=CC(C)c1cccc(C2(NCC[C@H](Cc3cc(F)cc(F)c3)NC(=O)c3sc(-n4cccc4)nc3-c3ccccc3)CC2)c1. The molecule has 1 aliphatic carbocycles. The molecule has 0 radical (unpaired) electrons. The summed E-state index contributed by atoms with van der Waals surface area (Å²) in [7, 11) is 0. The van der Waals surface area contributed by atoms with Gasteiger partial charge in [0.2, 0.25) is 0 Å². The number of carbonyl (C=O) groups is 1. The first-order chi connectivity index (χ1) is 21.8. The van der Waals surface area contributed by atoms with Crippen molar-refractivity contribution in [3.8, 4) is 16.4 Å². The fourth-order valence-electron chi connectivity index (χ4n) is 5.75. The van der Waals surface area contributed by atoms with Crippen molar-refractivity contribution in [3.63, 3.8) is 0 Å². The van der Waals surface area contributed by atoms with E-state index in [4.69, 9.17) is 4.98 Å². The summed E-state index contributed by atoms with van der Waals surface area (Å²) >= 11 is 1.31. The third-order valence-electron chi connectivity index (χ3n) is 8.46. The summed E-state index contributed by atoms with van der Waals surface area (Å²) in [5.74, 6) is -1.27. The van der Waals surface area contributed by atoms with E-state index < -0.39 is 11.6 Å². The van der Waals surface area contributed by atoms with Crippen LogP contribution in [0.3, 0.4) is 0 Å². The minimum absolute atomic E-state index is 0.111. The number of benzene rings is 3. The maximum Gasteiger partial charge on any atom is 0.263 e. The zero-order valence-corrected chi connectivity index (χ0v) is 26.0. The lowest BCUT2D eigenvalue weighted by molar-refractivity contribution is 0.0939. The Labute approximate surface area is 266 Å². The largest absolute Gasteiger partial charge is 0.348 e. The Kier molecular flexibility index (Phi) is 9.05. The molecule has 230 valence electrons. The van der Waals surface area contributed by atoms with E-state index in [1.807, 2.05) is 65.5 Å². The van der Waals surface area contributed by atoms with Crippen molar-refractivity contribution in [2.45, 2.75) is 50.1 Å². The Morgan fingerprint density at radius 1 is 1.02 bits per heavy atom. The number of nitrogens with zero attached hydrogens (tertiary/aromatic N) is 2. The summed E-state index contributed by atoms with van der Waals surface area (Å²) in [4.78, 5) is 19.3. The summed E-state index contributed by atoms with van der Waals surface area (Å²) in [5, 5.41) is 7.62. The molecule has 8 heteroatoms. The van der Waals surface area contributed by atoms with E-state index in [-0.39, 0.29) is 29.8 Å². The lowest BCUT2D eigenvalue weighted by Gasteiger charge is -2.23. The molecule has 1 aliphatic rings. The normalized spacial score (nSPS) is 14.9. The van der Waals surface area contributed by atoms with Gasteiger partial charge in [0, 0.05) is 35.6 Å². The summed E-state index contributed by atoms with van der Waals surface area (Å²) < 4.78 is 30.2. The van der Waals surface area contributed by atoms with E-state index in [0.717, 1.165) is 24.5 Å². The minimum Gasteiger partial charge on any atom is -0.348 e. The summed E-state index contributed by atoms with van der Waals surface area (Å²) in [6.07, 6.45) is 8.63. The molecule has 1 saturated carbocycles. The van der Waals surface area contributed by atoms with Gasteiger partial charge in [-0.2, -0.15) is 0 Å². The van der Waals surface area contributed by atoms with Crippen molar-refractivity contribution in [1.29, 1.82) is 0 Å². The third kappa shape index (κ3) is 7.13. The first-order valence-electron chi connectivity index (χ1n) is 15.3. The van der Waals surface area contributed by atoms with Gasteiger partial charge in [0.25, 0.3) is 5.91 Å². The van der Waals surface area contributed by atoms with Gasteiger partial charge >= 0.3 is 0 Å². The van der Waals surface area contributed by atoms with Crippen molar-refractivity contribution < 1.29 is 13.6 Å². The van der Waals surface area contributed by atoms with Crippen molar-refractivity contribution >= 4 is 17.2 Å². The van der Waals surface area contributed by atoms with E-state index in [2.05, 4.69) is 48.4 Å². The standard InChI is InChI=1S/C37H36F2N4OS/c1-3-25(2)28-12-9-13-29(23-28)37(15-16-37)40-17-14-32(22-26-20-30(38)24-31(39)21-26)41-35(44)34-33(27-10-5-4-6-11-27)42-36(45-34)43-18-7-8-19-43/h3-13,18-21,23-25,32,40H,1,14-17,22H2,2H3,(H,41,44)/t25?,32-/m1/s1. The monoisotopic (exact) mass is 622 g/mol. The predicted molar refractivity (Wildman–Crippen MR) is 177 cm³/mol. The van der Waals surface area contributed by atoms with Crippen LogP contribution in [0.5, 0.6) is 0 Å². The summed E-state index contributed by atoms with van der Waals surface area (Å²) in [6, 6.07) is 25.2. The van der Waals surface area contributed by atoms with Crippen molar-refractivity contribution in [2.75, 3.05) is 6.54 Å². The summed E-state index contributed by atoms with van der Waals surface area (Å²) in [5.41, 5.74) is 4.29. The van der Waals surface area contributed by atoms with Crippen LogP contribution in [0, 0.1) is 11.6 Å². The zero-order chi connectivity index (χ0) is 31.4. The number of carbonyl (C=O) groups excluding carboxylic acids is 1. The molecule has 2 heterocycles. The molecule has 2 N–H and O–H groups in total. The van der Waals surface area contributed by atoms with E-state index in [1.165, 1.54) is 34.6 Å². The second-order valence-corrected chi connectivity index (χ2v) is 12.7. The zero-order valence-electron chi connectivity index (χ0n) is 25.2. The van der Waals surface area contributed by atoms with Crippen molar-refractivity contribution in [2.24, 2.45) is 0 Å². The Morgan fingerprint density at radius 2 is 1.76 bits per heavy atom. The van der Waals surface area contributed by atoms with Crippen LogP contribution in [-0.4, -0.2) is 28.0 Å². The highest BCUT2D eigenvalue weighted by atomic mass is 32.1. The molecule has 45 heavy (non-hydrogen) atoms. The van der Waals surface area contributed by atoms with Crippen LogP contribution in [-0.2, 0) is 12.0 Å². The van der Waals surface area contributed by atoms with Gasteiger partial charge in [-0.05, 0) is 79.1 Å². The van der Waals surface area contributed by atoms with Gasteiger partial charge in [-0.15, -0.1) is 6.58 Å². The highest BCUT2D eigenvalue weighted by Crippen LogP contribution is 2.46. The molecule has 5 nitrogen and oxygen atoms in total. The number of aromatic nitrogens is 2. The van der Waals surface area contributed by atoms with Crippen LogP contribution in [0.4, 0.5) is 8.78 Å². The van der Waals surface area contributed by atoms with Crippen LogP contribution in [0.15, 0.2) is 110 Å². The number of amides is 1. The van der Waals surface area contributed by atoms with E-state index >= 15 is 0 Å². The molecule has 1 amide bonds. The van der Waals surface area contributed by atoms with Gasteiger partial charge in [0.05, 0.1) is 5.69 Å². The lowest BCUT2D eigenvalue weighted by atomic mass is 9.95. The molecule has 0 spiro atoms. The average molecular weight is 623 g/mol. The van der Waals surface area contributed by atoms with Crippen LogP contribution >= 0.6 is 11.3 Å². The Balaban J connectivity index is 1.23. The molecule has 5 aromatic rings. The third-order valence-corrected chi connectivity index (χ3v) is 9.53. The van der Waals surface area contributed by atoms with Crippen LogP contribution in [0.1, 0.15) is 58.5 Å². The fraction of sp³-hybridized carbons (Fsp3) is 0.243. The van der Waals surface area contributed by atoms with E-state index in [0.29, 0.717) is 34.2 Å². The minimum atomic E-state index is -0.635. The Bertz CT molecular complexity index is 1760. The molecule has 6 rings (SSSR count). The van der Waals surface area contributed by atoms with Gasteiger partial charge in [0.1, 0.15) is 16.5 Å². The predicted octanol–water partition coefficient (Wildman–Crippen LogP) is 8.18. The van der Waals surface area contributed by atoms with Gasteiger partial charge in [0.15, 0.2) is 5.13 Å². The number of hydrogen-bond donors (Lipinski definition) is 2. The summed E-state index contributed by atoms with van der Waals surface area (Å²) in [6.45, 7) is 6.69. The van der Waals surface area contributed by atoms with E-state index in [1.54, 1.807) is 0 Å². The van der Waals surface area contributed by atoms with Gasteiger partial charge in [-0.1, -0.05) is 78.9 Å². The molecule has 0 saturated heterocycles. The van der Waals surface area contributed by atoms with Gasteiger partial charge in [-0.25, -0.2) is 13.8 Å². The maximum absolute atomic E-state index is 14.1. The highest BCUT2D eigenvalue weighted by molar-refractivity contribution is 7.16. The van der Waals surface area contributed by atoms with Crippen LogP contribution < -0.4 is 10.6 Å². The smallest absolute Gasteiger partial charge is 0.263 e. The first kappa shape index (κ1) is 30.6. The molecule has 2 aromatic heterocycles. The number of thiazole rings is 1. The Hall–Kier alpha value is -4.40. The molecule has 0 aliphatic heterocycles. The van der Waals surface area contributed by atoms with Gasteiger partial charge in [-0.3, -0.25) is 4.79 Å². The topological polar surface area (TPSA) is 58.9 Å². The molecule has 3 aromatic carbocycles. The maximum atomic E-state index is 14.1. The molecule has 1 fully saturated rings. The number of hydrogen-bond acceptors (Lipinski definition) is 4. The van der Waals surface area contributed by atoms with Crippen LogP contribution in [0.25, 0.3) is 16.4 Å². The van der Waals surface area contributed by atoms with Gasteiger partial charge < -0.3 is 15.2 Å². The van der Waals surface area contributed by atoms with Crippen LogP contribution in [0.2, 0.25) is 0 Å². The number of allylic oxidation sites excluding steroid dienone is 1. The molecule has 2 atom stereocenters. The second kappa shape index (κ2) is 13.3. The highest BCUT2D eigenvalue weighted by Gasteiger charge is 2.43. The molecule has 1 unspecified atom stereocenters. The number of rotatable bonds is 13. The second-order valence-electron chi connectivity index (χ2n) is 11.7. The quantitative estimate of drug-likeness (QED) is 0.130. The molecular formula is C37H36F2N4OS. The van der Waals surface area contributed by atoms with Crippen molar-refractivity contribution in [1.82, 2.24) is 20.2 Å². The Morgan fingerprint density at radius 3 is 2.44 bits per heavy atom. The average Bonchev–Trinajstić information content (AvgIpc) is 3.41. The number of nitrogens with one attached hydrogen (secondary N) is 2. The number of halogens is 2. The van der Waals surface area contributed by atoms with E-state index in [9.17, 15) is 13.6 Å². The first-order valence-corrected chi connectivity index (χ1v) is 16.1.